The molecule has 1 aliphatic heterocycles. The van der Waals surface area contributed by atoms with Gasteiger partial charge in [0.2, 0.25) is 0 Å². The van der Waals surface area contributed by atoms with E-state index in [1.807, 2.05) is 12.1 Å². The highest BCUT2D eigenvalue weighted by molar-refractivity contribution is 7.91. The number of nitrogens with zero attached hydrogens (tertiary/aromatic N) is 3. The molecule has 1 aromatic carbocycles. The maximum atomic E-state index is 12.5. The molecule has 1 unspecified atom stereocenters. The largest absolute Gasteiger partial charge is 0.452 e. The molecule has 2 heterocycles. The predicted octanol–water partition coefficient (Wildman–Crippen LogP) is 2.35. The molecule has 2 aromatic rings. The third-order valence-electron chi connectivity index (χ3n) is 5.02. The molecule has 162 valence electrons. The molecule has 0 spiro atoms. The van der Waals surface area contributed by atoms with E-state index >= 15 is 0 Å². The van der Waals surface area contributed by atoms with Crippen molar-refractivity contribution < 1.29 is 22.7 Å². The maximum Gasteiger partial charge on any atom is 0.343 e. The third kappa shape index (κ3) is 4.96. The van der Waals surface area contributed by atoms with Gasteiger partial charge in [-0.3, -0.25) is 4.79 Å². The maximum absolute atomic E-state index is 12.5. The molecule has 0 bridgehead atoms. The Bertz CT molecular complexity index is 1080. The standard InChI is InChI=1S/C19H21Cl2N3O5S/c1-12-17(18(21)24(22-12)9-13-5-3-4-6-15(13)20)19(26)29-10-16(25)23(2)14-7-8-30(27,28)11-14/h3-6,14H,7-11H2,1-2H3. The number of rotatable bonds is 6. The van der Waals surface area contributed by atoms with Crippen molar-refractivity contribution in [3.63, 3.8) is 0 Å². The number of carbonyl (C=O) groups is 2. The molecule has 0 N–H and O–H groups in total. The van der Waals surface area contributed by atoms with E-state index in [0.29, 0.717) is 17.1 Å². The van der Waals surface area contributed by atoms with Crippen LogP contribution in [0.4, 0.5) is 0 Å². The van der Waals surface area contributed by atoms with Crippen molar-refractivity contribution in [1.82, 2.24) is 14.7 Å². The van der Waals surface area contributed by atoms with Crippen LogP contribution in [0.2, 0.25) is 10.2 Å². The molecule has 30 heavy (non-hydrogen) atoms. The highest BCUT2D eigenvalue weighted by Crippen LogP contribution is 2.24. The van der Waals surface area contributed by atoms with Crippen molar-refractivity contribution >= 4 is 44.9 Å². The first-order chi connectivity index (χ1) is 14.1. The van der Waals surface area contributed by atoms with Gasteiger partial charge in [0.15, 0.2) is 16.4 Å². The molecule has 1 aliphatic rings. The van der Waals surface area contributed by atoms with Crippen LogP contribution in [0.1, 0.15) is 28.0 Å². The Hall–Kier alpha value is -2.10. The summed E-state index contributed by atoms with van der Waals surface area (Å²) in [6.45, 7) is 1.37. The third-order valence-corrected chi connectivity index (χ3v) is 7.53. The number of aryl methyl sites for hydroxylation is 1. The molecule has 1 saturated heterocycles. The monoisotopic (exact) mass is 473 g/mol. The summed E-state index contributed by atoms with van der Waals surface area (Å²) in [5.41, 5.74) is 1.22. The Kier molecular flexibility index (Phi) is 6.74. The van der Waals surface area contributed by atoms with Crippen LogP contribution in [0.25, 0.3) is 0 Å². The van der Waals surface area contributed by atoms with Crippen molar-refractivity contribution in [3.05, 3.63) is 51.3 Å². The second-order valence-electron chi connectivity index (χ2n) is 7.14. The molecule has 8 nitrogen and oxygen atoms in total. The zero-order valence-corrected chi connectivity index (χ0v) is 18.8. The number of likely N-dealkylation sites (N-methyl/N-ethyl adjacent to an activating group) is 1. The summed E-state index contributed by atoms with van der Waals surface area (Å²) in [6.07, 6.45) is 0.373. The Morgan fingerprint density at radius 1 is 1.30 bits per heavy atom. The number of ether oxygens (including phenoxy) is 1. The van der Waals surface area contributed by atoms with Gasteiger partial charge in [-0.2, -0.15) is 5.10 Å². The van der Waals surface area contributed by atoms with E-state index in [0.717, 1.165) is 5.56 Å². The van der Waals surface area contributed by atoms with Gasteiger partial charge in [0.1, 0.15) is 10.7 Å². The minimum Gasteiger partial charge on any atom is -0.452 e. The van der Waals surface area contributed by atoms with Crippen molar-refractivity contribution in [1.29, 1.82) is 0 Å². The molecular formula is C19H21Cl2N3O5S. The number of hydrogen-bond donors (Lipinski definition) is 0. The van der Waals surface area contributed by atoms with Gasteiger partial charge in [-0.05, 0) is 25.0 Å². The lowest BCUT2D eigenvalue weighted by atomic mass is 10.2. The number of esters is 1. The van der Waals surface area contributed by atoms with E-state index in [-0.39, 0.29) is 28.8 Å². The molecule has 0 saturated carbocycles. The summed E-state index contributed by atoms with van der Waals surface area (Å²) in [7, 11) is -1.62. The molecule has 1 atom stereocenters. The minimum atomic E-state index is -3.13. The van der Waals surface area contributed by atoms with E-state index in [4.69, 9.17) is 27.9 Å². The number of amides is 1. The van der Waals surface area contributed by atoms with Crippen LogP contribution in [-0.2, 0) is 25.9 Å². The molecule has 11 heteroatoms. The summed E-state index contributed by atoms with van der Waals surface area (Å²) in [6, 6.07) is 6.79. The number of carbonyl (C=O) groups excluding carboxylic acids is 2. The average Bonchev–Trinajstić information content (AvgIpc) is 3.19. The summed E-state index contributed by atoms with van der Waals surface area (Å²) >= 11 is 12.5. The summed E-state index contributed by atoms with van der Waals surface area (Å²) < 4.78 is 29.8. The second-order valence-corrected chi connectivity index (χ2v) is 10.1. The van der Waals surface area contributed by atoms with Crippen LogP contribution in [0, 0.1) is 6.92 Å². The minimum absolute atomic E-state index is 0.0501. The van der Waals surface area contributed by atoms with Gasteiger partial charge in [0.25, 0.3) is 5.91 Å². The van der Waals surface area contributed by atoms with Gasteiger partial charge in [-0.1, -0.05) is 41.4 Å². The van der Waals surface area contributed by atoms with E-state index < -0.39 is 34.4 Å². The lowest BCUT2D eigenvalue weighted by molar-refractivity contribution is -0.134. The van der Waals surface area contributed by atoms with Crippen molar-refractivity contribution in [2.45, 2.75) is 25.9 Å². The summed E-state index contributed by atoms with van der Waals surface area (Å²) in [5, 5.41) is 4.90. The first-order valence-corrected chi connectivity index (χ1v) is 11.8. The van der Waals surface area contributed by atoms with Crippen LogP contribution in [-0.4, -0.2) is 66.2 Å². The number of sulfone groups is 1. The zero-order valence-electron chi connectivity index (χ0n) is 16.5. The summed E-state index contributed by atoms with van der Waals surface area (Å²) in [4.78, 5) is 26.1. The van der Waals surface area contributed by atoms with Crippen LogP contribution in [0.5, 0.6) is 0 Å². The smallest absolute Gasteiger partial charge is 0.343 e. The molecular weight excluding hydrogens is 453 g/mol. The Labute approximate surface area is 184 Å². The molecule has 0 aliphatic carbocycles. The Balaban J connectivity index is 1.65. The van der Waals surface area contributed by atoms with Gasteiger partial charge in [-0.25, -0.2) is 17.9 Å². The topological polar surface area (TPSA) is 98.6 Å². The second kappa shape index (κ2) is 8.95. The van der Waals surface area contributed by atoms with Gasteiger partial charge < -0.3 is 9.64 Å². The quantitative estimate of drug-likeness (QED) is 0.597. The van der Waals surface area contributed by atoms with Crippen LogP contribution in [0.15, 0.2) is 24.3 Å². The van der Waals surface area contributed by atoms with E-state index in [9.17, 15) is 18.0 Å². The molecule has 3 rings (SSSR count). The normalized spacial score (nSPS) is 17.7. The van der Waals surface area contributed by atoms with Crippen molar-refractivity contribution in [2.75, 3.05) is 25.2 Å². The molecule has 1 aromatic heterocycles. The fourth-order valence-electron chi connectivity index (χ4n) is 3.26. The molecule has 0 radical (unpaired) electrons. The van der Waals surface area contributed by atoms with Crippen molar-refractivity contribution in [2.24, 2.45) is 0 Å². The van der Waals surface area contributed by atoms with Crippen molar-refractivity contribution in [3.8, 4) is 0 Å². The molecule has 1 amide bonds. The number of benzene rings is 1. The highest BCUT2D eigenvalue weighted by atomic mass is 35.5. The Morgan fingerprint density at radius 3 is 2.63 bits per heavy atom. The Morgan fingerprint density at radius 2 is 2.00 bits per heavy atom. The lowest BCUT2D eigenvalue weighted by Crippen LogP contribution is -2.40. The first kappa shape index (κ1) is 22.6. The average molecular weight is 474 g/mol. The summed E-state index contributed by atoms with van der Waals surface area (Å²) in [5.74, 6) is -1.29. The lowest BCUT2D eigenvalue weighted by Gasteiger charge is -2.23. The zero-order chi connectivity index (χ0) is 22.1. The van der Waals surface area contributed by atoms with Crippen LogP contribution in [0.3, 0.4) is 0 Å². The van der Waals surface area contributed by atoms with Gasteiger partial charge in [-0.15, -0.1) is 0 Å². The van der Waals surface area contributed by atoms with Gasteiger partial charge >= 0.3 is 5.97 Å². The fraction of sp³-hybridized carbons (Fsp3) is 0.421. The van der Waals surface area contributed by atoms with E-state index in [1.54, 1.807) is 19.1 Å². The fourth-order valence-corrected chi connectivity index (χ4v) is 5.55. The highest BCUT2D eigenvalue weighted by Gasteiger charge is 2.33. The predicted molar refractivity (Wildman–Crippen MR) is 113 cm³/mol. The number of halogens is 2. The first-order valence-electron chi connectivity index (χ1n) is 9.18. The van der Waals surface area contributed by atoms with Crippen LogP contribution >= 0.6 is 23.2 Å². The number of hydrogen-bond acceptors (Lipinski definition) is 6. The van der Waals surface area contributed by atoms with E-state index in [2.05, 4.69) is 5.10 Å². The van der Waals surface area contributed by atoms with Gasteiger partial charge in [0, 0.05) is 18.1 Å². The SMILES string of the molecule is Cc1nn(Cc2ccccc2Cl)c(Cl)c1C(=O)OCC(=O)N(C)C1CCS(=O)(=O)C1. The van der Waals surface area contributed by atoms with Gasteiger partial charge in [0.05, 0.1) is 23.7 Å². The van der Waals surface area contributed by atoms with E-state index in [1.165, 1.54) is 16.6 Å². The number of aromatic nitrogens is 2. The molecule has 1 fully saturated rings. The van der Waals surface area contributed by atoms with Crippen LogP contribution < -0.4 is 0 Å².